The van der Waals surface area contributed by atoms with Crippen molar-refractivity contribution in [2.75, 3.05) is 20.2 Å². The number of hydrogen-bond donors (Lipinski definition) is 0. The summed E-state index contributed by atoms with van der Waals surface area (Å²) >= 11 is 0. The molecule has 0 N–H and O–H groups in total. The van der Waals surface area contributed by atoms with Crippen molar-refractivity contribution >= 4 is 5.97 Å². The molecule has 1 heterocycles. The van der Waals surface area contributed by atoms with Crippen LogP contribution in [-0.2, 0) is 9.53 Å². The third kappa shape index (κ3) is 3.70. The van der Waals surface area contributed by atoms with Gasteiger partial charge in [-0.05, 0) is 38.3 Å². The van der Waals surface area contributed by atoms with E-state index >= 15 is 0 Å². The van der Waals surface area contributed by atoms with Crippen molar-refractivity contribution in [2.24, 2.45) is 5.41 Å². The van der Waals surface area contributed by atoms with Crippen molar-refractivity contribution in [2.45, 2.75) is 58.9 Å². The van der Waals surface area contributed by atoms with E-state index in [1.807, 2.05) is 0 Å². The molecule has 1 aliphatic rings. The quantitative estimate of drug-likeness (QED) is 0.693. The third-order valence-corrected chi connectivity index (χ3v) is 4.67. The smallest absolute Gasteiger partial charge is 0.307 e. The van der Waals surface area contributed by atoms with Gasteiger partial charge >= 0.3 is 5.97 Å². The number of piperidine rings is 1. The molecule has 100 valence electrons. The number of hydrogen-bond acceptors (Lipinski definition) is 3. The lowest BCUT2D eigenvalue weighted by Gasteiger charge is -2.43. The Hall–Kier alpha value is -0.570. The summed E-state index contributed by atoms with van der Waals surface area (Å²) in [6.07, 6.45) is 5.62. The molecule has 1 unspecified atom stereocenters. The highest BCUT2D eigenvalue weighted by Gasteiger charge is 2.32. The minimum atomic E-state index is -0.0969. The van der Waals surface area contributed by atoms with Gasteiger partial charge in [0.05, 0.1) is 13.5 Å². The number of esters is 1. The summed E-state index contributed by atoms with van der Waals surface area (Å²) in [5.41, 5.74) is 0.557. The van der Waals surface area contributed by atoms with Gasteiger partial charge in [0.15, 0.2) is 0 Å². The second kappa shape index (κ2) is 6.39. The summed E-state index contributed by atoms with van der Waals surface area (Å²) in [7, 11) is 1.46. The van der Waals surface area contributed by atoms with Crippen molar-refractivity contribution < 1.29 is 9.53 Å². The molecule has 0 amide bonds. The van der Waals surface area contributed by atoms with Crippen LogP contribution in [0.2, 0.25) is 0 Å². The van der Waals surface area contributed by atoms with E-state index in [1.54, 1.807) is 0 Å². The van der Waals surface area contributed by atoms with Gasteiger partial charge in [-0.25, -0.2) is 0 Å². The van der Waals surface area contributed by atoms with Crippen LogP contribution in [0.3, 0.4) is 0 Å². The average Bonchev–Trinajstić information content (AvgIpc) is 2.38. The molecule has 1 aliphatic heterocycles. The molecule has 0 bridgehead atoms. The monoisotopic (exact) mass is 241 g/mol. The van der Waals surface area contributed by atoms with Crippen LogP contribution in [0.5, 0.6) is 0 Å². The summed E-state index contributed by atoms with van der Waals surface area (Å²) in [4.78, 5) is 13.7. The average molecular weight is 241 g/mol. The lowest BCUT2D eigenvalue weighted by molar-refractivity contribution is -0.142. The molecule has 3 nitrogen and oxygen atoms in total. The molecule has 0 aromatic carbocycles. The molecule has 0 radical (unpaired) electrons. The Labute approximate surface area is 106 Å². The van der Waals surface area contributed by atoms with Gasteiger partial charge in [0.25, 0.3) is 0 Å². The predicted octanol–water partition coefficient (Wildman–Crippen LogP) is 2.84. The van der Waals surface area contributed by atoms with Crippen LogP contribution < -0.4 is 0 Å². The van der Waals surface area contributed by atoms with Gasteiger partial charge in [0, 0.05) is 6.04 Å². The first-order valence-electron chi connectivity index (χ1n) is 6.87. The van der Waals surface area contributed by atoms with E-state index in [0.29, 0.717) is 17.9 Å². The molecule has 3 heteroatoms. The molecule has 0 spiro atoms. The Morgan fingerprint density at radius 1 is 1.29 bits per heavy atom. The van der Waals surface area contributed by atoms with E-state index < -0.39 is 0 Å². The predicted molar refractivity (Wildman–Crippen MR) is 69.9 cm³/mol. The van der Waals surface area contributed by atoms with Crippen molar-refractivity contribution in [3.8, 4) is 0 Å². The van der Waals surface area contributed by atoms with Gasteiger partial charge in [-0.2, -0.15) is 0 Å². The van der Waals surface area contributed by atoms with Gasteiger partial charge in [0.2, 0.25) is 0 Å². The largest absolute Gasteiger partial charge is 0.469 e. The SMILES string of the molecule is CCC1(CC)CCN(C(C)CC(=O)OC)CC1. The zero-order chi connectivity index (χ0) is 12.9. The van der Waals surface area contributed by atoms with Gasteiger partial charge in [-0.1, -0.05) is 26.7 Å². The van der Waals surface area contributed by atoms with Gasteiger partial charge < -0.3 is 9.64 Å². The van der Waals surface area contributed by atoms with Crippen LogP contribution >= 0.6 is 0 Å². The van der Waals surface area contributed by atoms with Crippen LogP contribution in [0, 0.1) is 5.41 Å². The number of ether oxygens (including phenoxy) is 1. The summed E-state index contributed by atoms with van der Waals surface area (Å²) in [5.74, 6) is -0.0969. The number of nitrogens with zero attached hydrogens (tertiary/aromatic N) is 1. The Morgan fingerprint density at radius 2 is 1.82 bits per heavy atom. The van der Waals surface area contributed by atoms with Crippen LogP contribution in [0.25, 0.3) is 0 Å². The molecule has 1 fully saturated rings. The maximum atomic E-state index is 11.3. The van der Waals surface area contributed by atoms with Crippen LogP contribution in [0.15, 0.2) is 0 Å². The number of methoxy groups -OCH3 is 1. The summed E-state index contributed by atoms with van der Waals surface area (Å²) in [6, 6.07) is 0.314. The van der Waals surface area contributed by atoms with Crippen molar-refractivity contribution in [1.82, 2.24) is 4.90 Å². The first-order valence-corrected chi connectivity index (χ1v) is 6.87. The van der Waals surface area contributed by atoms with Gasteiger partial charge in [-0.3, -0.25) is 4.79 Å². The number of likely N-dealkylation sites (tertiary alicyclic amines) is 1. The number of carbonyl (C=O) groups is 1. The van der Waals surface area contributed by atoms with Gasteiger partial charge in [-0.15, -0.1) is 0 Å². The fourth-order valence-corrected chi connectivity index (χ4v) is 2.85. The highest BCUT2D eigenvalue weighted by Crippen LogP contribution is 2.38. The molecule has 0 saturated carbocycles. The summed E-state index contributed by atoms with van der Waals surface area (Å²) in [6.45, 7) is 8.98. The molecule has 1 saturated heterocycles. The van der Waals surface area contributed by atoms with Crippen LogP contribution in [0.1, 0.15) is 52.9 Å². The standard InChI is InChI=1S/C14H27NO2/c1-5-14(6-2)7-9-15(10-8-14)12(3)11-13(16)17-4/h12H,5-11H2,1-4H3. The lowest BCUT2D eigenvalue weighted by Crippen LogP contribution is -2.44. The lowest BCUT2D eigenvalue weighted by atomic mass is 9.74. The first-order chi connectivity index (χ1) is 8.06. The zero-order valence-electron chi connectivity index (χ0n) is 11.8. The first kappa shape index (κ1) is 14.5. The maximum Gasteiger partial charge on any atom is 0.307 e. The highest BCUT2D eigenvalue weighted by atomic mass is 16.5. The Bertz CT molecular complexity index is 239. The maximum absolute atomic E-state index is 11.3. The van der Waals surface area contributed by atoms with Crippen molar-refractivity contribution in [1.29, 1.82) is 0 Å². The molecule has 0 aromatic heterocycles. The van der Waals surface area contributed by atoms with E-state index in [2.05, 4.69) is 25.7 Å². The molecular weight excluding hydrogens is 214 g/mol. The third-order valence-electron chi connectivity index (χ3n) is 4.67. The summed E-state index contributed by atoms with van der Waals surface area (Å²) in [5, 5.41) is 0. The number of carbonyl (C=O) groups excluding carboxylic acids is 1. The van der Waals surface area contributed by atoms with E-state index in [-0.39, 0.29) is 5.97 Å². The zero-order valence-corrected chi connectivity index (χ0v) is 11.8. The topological polar surface area (TPSA) is 29.5 Å². The van der Waals surface area contributed by atoms with Gasteiger partial charge in [0.1, 0.15) is 0 Å². The molecule has 17 heavy (non-hydrogen) atoms. The minimum absolute atomic E-state index is 0.0969. The number of rotatable bonds is 5. The molecule has 1 atom stereocenters. The molecule has 1 rings (SSSR count). The second-order valence-corrected chi connectivity index (χ2v) is 5.37. The van der Waals surface area contributed by atoms with E-state index in [4.69, 9.17) is 4.74 Å². The normalized spacial score (nSPS) is 22.1. The Morgan fingerprint density at radius 3 is 2.24 bits per heavy atom. The Balaban J connectivity index is 2.43. The Kier molecular flexibility index (Phi) is 5.44. The molecule has 0 aliphatic carbocycles. The minimum Gasteiger partial charge on any atom is -0.469 e. The molecular formula is C14H27NO2. The fourth-order valence-electron chi connectivity index (χ4n) is 2.85. The van der Waals surface area contributed by atoms with Crippen LogP contribution in [0.4, 0.5) is 0 Å². The second-order valence-electron chi connectivity index (χ2n) is 5.37. The van der Waals surface area contributed by atoms with E-state index in [9.17, 15) is 4.79 Å². The molecule has 0 aromatic rings. The van der Waals surface area contributed by atoms with Crippen molar-refractivity contribution in [3.05, 3.63) is 0 Å². The van der Waals surface area contributed by atoms with E-state index in [1.165, 1.54) is 32.8 Å². The fraction of sp³-hybridized carbons (Fsp3) is 0.929. The highest BCUT2D eigenvalue weighted by molar-refractivity contribution is 5.69. The van der Waals surface area contributed by atoms with E-state index in [0.717, 1.165) is 13.1 Å². The van der Waals surface area contributed by atoms with Crippen LogP contribution in [-0.4, -0.2) is 37.1 Å². The van der Waals surface area contributed by atoms with Crippen molar-refractivity contribution in [3.63, 3.8) is 0 Å². The summed E-state index contributed by atoms with van der Waals surface area (Å²) < 4.78 is 4.73.